The lowest BCUT2D eigenvalue weighted by Crippen LogP contribution is -2.33. The van der Waals surface area contributed by atoms with Crippen molar-refractivity contribution >= 4 is 11.9 Å². The normalized spacial score (nSPS) is 20.7. The van der Waals surface area contributed by atoms with Crippen LogP contribution in [0, 0.1) is 0 Å². The van der Waals surface area contributed by atoms with E-state index >= 15 is 0 Å². The quantitative estimate of drug-likeness (QED) is 0.421. The van der Waals surface area contributed by atoms with Crippen LogP contribution in [0.5, 0.6) is 0 Å². The molecule has 138 valence electrons. The van der Waals surface area contributed by atoms with Crippen molar-refractivity contribution in [2.45, 2.75) is 89.7 Å². The first kappa shape index (κ1) is 20.7. The lowest BCUT2D eigenvalue weighted by Gasteiger charge is -2.24. The van der Waals surface area contributed by atoms with Gasteiger partial charge < -0.3 is 15.1 Å². The molecular formula is C19H33NO4. The molecule has 0 bridgehead atoms. The molecule has 0 aromatic carbocycles. The maximum absolute atomic E-state index is 12.0. The number of unbranched alkanes of at least 4 members (excludes halogenated alkanes) is 4. The van der Waals surface area contributed by atoms with Gasteiger partial charge in [-0.05, 0) is 32.6 Å². The van der Waals surface area contributed by atoms with Gasteiger partial charge in [-0.3, -0.25) is 9.59 Å². The van der Waals surface area contributed by atoms with Gasteiger partial charge in [-0.15, -0.1) is 0 Å². The van der Waals surface area contributed by atoms with E-state index in [1.54, 1.807) is 0 Å². The van der Waals surface area contributed by atoms with Gasteiger partial charge in [-0.25, -0.2) is 0 Å². The number of hydrogen-bond acceptors (Lipinski definition) is 3. The average molecular weight is 339 g/mol. The largest absolute Gasteiger partial charge is 0.481 e. The molecule has 0 aliphatic carbocycles. The van der Waals surface area contributed by atoms with E-state index in [2.05, 4.69) is 6.92 Å². The molecular weight excluding hydrogens is 306 g/mol. The zero-order valence-corrected chi connectivity index (χ0v) is 15.2. The first-order chi connectivity index (χ1) is 11.4. The van der Waals surface area contributed by atoms with Gasteiger partial charge in [-0.1, -0.05) is 44.8 Å². The van der Waals surface area contributed by atoms with Crippen molar-refractivity contribution in [1.29, 1.82) is 0 Å². The predicted octanol–water partition coefficient (Wildman–Crippen LogP) is 3.51. The SMILES string of the molecule is CCCCC(C)(O)C=CC1CCC(=O)N1CCCCCCC(=O)O. The molecule has 1 fully saturated rings. The number of carbonyl (C=O) groups is 2. The molecule has 0 aromatic heterocycles. The molecule has 1 rings (SSSR count). The molecule has 1 saturated heterocycles. The fourth-order valence-electron chi connectivity index (χ4n) is 3.09. The van der Waals surface area contributed by atoms with Crippen molar-refractivity contribution in [2.24, 2.45) is 0 Å². The molecule has 0 saturated carbocycles. The van der Waals surface area contributed by atoms with Crippen molar-refractivity contribution in [3.63, 3.8) is 0 Å². The summed E-state index contributed by atoms with van der Waals surface area (Å²) in [7, 11) is 0. The molecule has 0 spiro atoms. The second-order valence-electron chi connectivity index (χ2n) is 7.07. The number of rotatable bonds is 12. The van der Waals surface area contributed by atoms with Crippen molar-refractivity contribution in [3.05, 3.63) is 12.2 Å². The number of likely N-dealkylation sites (tertiary alicyclic amines) is 1. The number of carboxylic acids is 1. The van der Waals surface area contributed by atoms with E-state index in [0.717, 1.165) is 51.5 Å². The highest BCUT2D eigenvalue weighted by atomic mass is 16.4. The lowest BCUT2D eigenvalue weighted by atomic mass is 9.97. The first-order valence-corrected chi connectivity index (χ1v) is 9.28. The van der Waals surface area contributed by atoms with E-state index in [0.29, 0.717) is 12.8 Å². The molecule has 1 aliphatic rings. The van der Waals surface area contributed by atoms with E-state index in [1.807, 2.05) is 24.0 Å². The summed E-state index contributed by atoms with van der Waals surface area (Å²) in [5.41, 5.74) is -0.801. The van der Waals surface area contributed by atoms with Crippen LogP contribution in [0.1, 0.15) is 78.1 Å². The molecule has 5 heteroatoms. The molecule has 1 aliphatic heterocycles. The van der Waals surface area contributed by atoms with Crippen LogP contribution < -0.4 is 0 Å². The highest BCUT2D eigenvalue weighted by molar-refractivity contribution is 5.79. The van der Waals surface area contributed by atoms with Crippen molar-refractivity contribution in [2.75, 3.05) is 6.54 Å². The number of carboxylic acid groups (broad SMARTS) is 1. The molecule has 0 radical (unpaired) electrons. The number of nitrogens with zero attached hydrogens (tertiary/aromatic N) is 1. The van der Waals surface area contributed by atoms with E-state index in [4.69, 9.17) is 5.11 Å². The van der Waals surface area contributed by atoms with E-state index in [-0.39, 0.29) is 18.4 Å². The van der Waals surface area contributed by atoms with Crippen LogP contribution in [0.15, 0.2) is 12.2 Å². The van der Waals surface area contributed by atoms with Crippen molar-refractivity contribution < 1.29 is 19.8 Å². The summed E-state index contributed by atoms with van der Waals surface area (Å²) < 4.78 is 0. The Balaban J connectivity index is 2.38. The highest BCUT2D eigenvalue weighted by Gasteiger charge is 2.29. The smallest absolute Gasteiger partial charge is 0.303 e. The van der Waals surface area contributed by atoms with Gasteiger partial charge in [0, 0.05) is 19.4 Å². The van der Waals surface area contributed by atoms with Gasteiger partial charge in [0.25, 0.3) is 0 Å². The molecule has 24 heavy (non-hydrogen) atoms. The summed E-state index contributed by atoms with van der Waals surface area (Å²) in [5, 5.41) is 18.9. The molecule has 1 heterocycles. The lowest BCUT2D eigenvalue weighted by molar-refractivity contribution is -0.137. The third-order valence-corrected chi connectivity index (χ3v) is 4.63. The number of aliphatic carboxylic acids is 1. The molecule has 1 amide bonds. The molecule has 0 aromatic rings. The Bertz CT molecular complexity index is 431. The minimum atomic E-state index is -0.801. The zero-order valence-electron chi connectivity index (χ0n) is 15.2. The summed E-state index contributed by atoms with van der Waals surface area (Å²) in [6.07, 6.45) is 11.7. The zero-order chi connectivity index (χ0) is 18.0. The Labute approximate surface area is 145 Å². The van der Waals surface area contributed by atoms with Crippen LogP contribution >= 0.6 is 0 Å². The molecule has 2 N–H and O–H groups in total. The molecule has 5 nitrogen and oxygen atoms in total. The second kappa shape index (κ2) is 10.5. The van der Waals surface area contributed by atoms with E-state index < -0.39 is 11.6 Å². The third kappa shape index (κ3) is 7.95. The number of hydrogen-bond donors (Lipinski definition) is 2. The van der Waals surface area contributed by atoms with E-state index in [1.165, 1.54) is 0 Å². The fraction of sp³-hybridized carbons (Fsp3) is 0.789. The van der Waals surface area contributed by atoms with Gasteiger partial charge >= 0.3 is 5.97 Å². The minimum absolute atomic E-state index is 0.0876. The monoisotopic (exact) mass is 339 g/mol. The second-order valence-corrected chi connectivity index (χ2v) is 7.07. The van der Waals surface area contributed by atoms with Crippen LogP contribution in [0.3, 0.4) is 0 Å². The minimum Gasteiger partial charge on any atom is -0.481 e. The van der Waals surface area contributed by atoms with Crippen molar-refractivity contribution in [1.82, 2.24) is 4.90 Å². The van der Waals surface area contributed by atoms with Crippen LogP contribution in [0.25, 0.3) is 0 Å². The van der Waals surface area contributed by atoms with Gasteiger partial charge in [0.15, 0.2) is 0 Å². The van der Waals surface area contributed by atoms with Crippen molar-refractivity contribution in [3.8, 4) is 0 Å². The Kier molecular flexibility index (Phi) is 9.04. The van der Waals surface area contributed by atoms with Crippen LogP contribution in [-0.2, 0) is 9.59 Å². The summed E-state index contributed by atoms with van der Waals surface area (Å²) in [6, 6.07) is 0.0876. The maximum atomic E-state index is 12.0. The maximum Gasteiger partial charge on any atom is 0.303 e. The third-order valence-electron chi connectivity index (χ3n) is 4.63. The van der Waals surface area contributed by atoms with Crippen LogP contribution in [0.2, 0.25) is 0 Å². The summed E-state index contributed by atoms with van der Waals surface area (Å²) in [5.74, 6) is -0.562. The predicted molar refractivity (Wildman–Crippen MR) is 94.7 cm³/mol. The van der Waals surface area contributed by atoms with E-state index in [9.17, 15) is 14.7 Å². The number of amides is 1. The van der Waals surface area contributed by atoms with Gasteiger partial charge in [0.05, 0.1) is 11.6 Å². The Morgan fingerprint density at radius 2 is 2.00 bits per heavy atom. The van der Waals surface area contributed by atoms with Gasteiger partial charge in [-0.2, -0.15) is 0 Å². The topological polar surface area (TPSA) is 77.8 Å². The van der Waals surface area contributed by atoms with Gasteiger partial charge in [0.2, 0.25) is 5.91 Å². The Morgan fingerprint density at radius 3 is 2.67 bits per heavy atom. The highest BCUT2D eigenvalue weighted by Crippen LogP contribution is 2.23. The van der Waals surface area contributed by atoms with Gasteiger partial charge in [0.1, 0.15) is 0 Å². The fourth-order valence-corrected chi connectivity index (χ4v) is 3.09. The molecule has 2 unspecified atom stereocenters. The summed E-state index contributed by atoms with van der Waals surface area (Å²) in [6.45, 7) is 4.65. The Hall–Kier alpha value is -1.36. The molecule has 2 atom stereocenters. The summed E-state index contributed by atoms with van der Waals surface area (Å²) >= 11 is 0. The number of aliphatic hydroxyl groups is 1. The Morgan fingerprint density at radius 1 is 1.29 bits per heavy atom. The van der Waals surface area contributed by atoms with Crippen LogP contribution in [0.4, 0.5) is 0 Å². The van der Waals surface area contributed by atoms with Crippen LogP contribution in [-0.4, -0.2) is 45.2 Å². The summed E-state index contributed by atoms with van der Waals surface area (Å²) in [4.78, 5) is 24.4. The standard InChI is InChI=1S/C19H33NO4/c1-3-4-13-19(2,24)14-12-16-10-11-17(21)20(16)15-8-6-5-7-9-18(22)23/h12,14,16,24H,3-11,13,15H2,1-2H3,(H,22,23). The number of carbonyl (C=O) groups excluding carboxylic acids is 1. The average Bonchev–Trinajstić information content (AvgIpc) is 2.87. The first-order valence-electron chi connectivity index (χ1n) is 9.28.